The highest BCUT2D eigenvalue weighted by Crippen LogP contribution is 2.15. The van der Waals surface area contributed by atoms with Crippen LogP contribution in [0, 0.1) is 0 Å². The summed E-state index contributed by atoms with van der Waals surface area (Å²) in [6, 6.07) is 0. The van der Waals surface area contributed by atoms with Gasteiger partial charge in [0.05, 0.1) is 6.61 Å². The molecule has 0 unspecified atom stereocenters. The lowest BCUT2D eigenvalue weighted by Crippen LogP contribution is -2.49. The summed E-state index contributed by atoms with van der Waals surface area (Å²) >= 11 is 0. The molecule has 1 aliphatic rings. The van der Waals surface area contributed by atoms with Crippen molar-refractivity contribution in [2.75, 3.05) is 45.9 Å². The lowest BCUT2D eigenvalue weighted by Gasteiger charge is -2.33. The molecule has 5 nitrogen and oxygen atoms in total. The van der Waals surface area contributed by atoms with E-state index in [4.69, 9.17) is 5.11 Å². The van der Waals surface area contributed by atoms with Crippen molar-refractivity contribution in [1.82, 2.24) is 9.80 Å². The molecular weight excluding hydrogens is 241 g/mol. The Morgan fingerprint density at radius 3 is 2.29 bits per heavy atom. The van der Waals surface area contributed by atoms with Crippen molar-refractivity contribution < 1.29 is 27.8 Å². The number of aliphatic hydroxyl groups excluding tert-OH is 1. The molecular formula is C9H15F3N2O3. The Labute approximate surface area is 96.7 Å². The number of hydrogen-bond donors (Lipinski definition) is 1. The number of β-amino-alcohol motifs (C(OH)–C–C–N with tert-alkyl or cyclic N) is 1. The van der Waals surface area contributed by atoms with E-state index in [1.54, 1.807) is 0 Å². The molecule has 100 valence electrons. The number of piperazine rings is 1. The van der Waals surface area contributed by atoms with Gasteiger partial charge in [-0.15, -0.1) is 0 Å². The highest BCUT2D eigenvalue weighted by Gasteiger charge is 2.31. The number of halogens is 3. The van der Waals surface area contributed by atoms with Crippen LogP contribution in [0.5, 0.6) is 0 Å². The molecule has 1 aliphatic heterocycles. The van der Waals surface area contributed by atoms with Crippen LogP contribution in [-0.4, -0.2) is 73.1 Å². The highest BCUT2D eigenvalue weighted by atomic mass is 19.4. The summed E-state index contributed by atoms with van der Waals surface area (Å²) in [4.78, 5) is 14.4. The van der Waals surface area contributed by atoms with Crippen molar-refractivity contribution in [1.29, 1.82) is 0 Å². The smallest absolute Gasteiger partial charge is 0.422 e. The fraction of sp³-hybridized carbons (Fsp3) is 0.889. The second kappa shape index (κ2) is 6.06. The molecule has 0 saturated carbocycles. The minimum atomic E-state index is -4.49. The minimum absolute atomic E-state index is 0.0263. The number of nitrogens with zero attached hydrogens (tertiary/aromatic N) is 2. The van der Waals surface area contributed by atoms with E-state index in [1.807, 2.05) is 4.90 Å². The number of rotatable bonds is 3. The van der Waals surface area contributed by atoms with Gasteiger partial charge in [0.25, 0.3) is 0 Å². The number of carbonyl (C=O) groups is 1. The zero-order valence-corrected chi connectivity index (χ0v) is 9.24. The van der Waals surface area contributed by atoms with E-state index in [0.717, 1.165) is 0 Å². The van der Waals surface area contributed by atoms with Crippen molar-refractivity contribution in [3.05, 3.63) is 0 Å². The van der Waals surface area contributed by atoms with E-state index in [2.05, 4.69) is 4.74 Å². The predicted octanol–water partition coefficient (Wildman–Crippen LogP) is 0.295. The molecule has 0 aromatic rings. The molecule has 1 saturated heterocycles. The van der Waals surface area contributed by atoms with Gasteiger partial charge >= 0.3 is 12.3 Å². The van der Waals surface area contributed by atoms with E-state index < -0.39 is 18.9 Å². The quantitative estimate of drug-likeness (QED) is 0.789. The maximum Gasteiger partial charge on any atom is 0.422 e. The van der Waals surface area contributed by atoms with Gasteiger partial charge in [-0.1, -0.05) is 0 Å². The summed E-state index contributed by atoms with van der Waals surface area (Å²) in [6.45, 7) is 0.670. The van der Waals surface area contributed by atoms with Gasteiger partial charge in [0.1, 0.15) is 0 Å². The van der Waals surface area contributed by atoms with Crippen molar-refractivity contribution in [3.63, 3.8) is 0 Å². The summed E-state index contributed by atoms with van der Waals surface area (Å²) in [6.07, 6.45) is -5.43. The number of carbonyl (C=O) groups excluding carboxylic acids is 1. The van der Waals surface area contributed by atoms with Crippen LogP contribution in [0.15, 0.2) is 0 Å². The lowest BCUT2D eigenvalue weighted by molar-refractivity contribution is -0.162. The Kier molecular flexibility index (Phi) is 5.01. The topological polar surface area (TPSA) is 53.0 Å². The highest BCUT2D eigenvalue weighted by molar-refractivity contribution is 5.67. The summed E-state index contributed by atoms with van der Waals surface area (Å²) in [7, 11) is 0. The van der Waals surface area contributed by atoms with Gasteiger partial charge in [-0.3, -0.25) is 4.90 Å². The molecule has 0 radical (unpaired) electrons. The monoisotopic (exact) mass is 256 g/mol. The molecule has 1 heterocycles. The zero-order chi connectivity index (χ0) is 12.9. The van der Waals surface area contributed by atoms with E-state index in [9.17, 15) is 18.0 Å². The first-order valence-electron chi connectivity index (χ1n) is 5.24. The molecule has 0 bridgehead atoms. The molecule has 0 spiro atoms. The third-order valence-electron chi connectivity index (χ3n) is 2.41. The van der Waals surface area contributed by atoms with Gasteiger partial charge in [0.15, 0.2) is 6.61 Å². The average molecular weight is 256 g/mol. The van der Waals surface area contributed by atoms with Gasteiger partial charge in [-0.2, -0.15) is 13.2 Å². The number of alkyl halides is 3. The third kappa shape index (κ3) is 5.22. The van der Waals surface area contributed by atoms with Gasteiger partial charge in [-0.05, 0) is 0 Å². The Morgan fingerprint density at radius 1 is 1.24 bits per heavy atom. The molecule has 0 aliphatic carbocycles. The summed E-state index contributed by atoms with van der Waals surface area (Å²) in [5, 5.41) is 8.70. The first-order valence-corrected chi connectivity index (χ1v) is 5.24. The van der Waals surface area contributed by atoms with Crippen LogP contribution in [0.3, 0.4) is 0 Å². The normalized spacial score (nSPS) is 18.2. The molecule has 0 atom stereocenters. The average Bonchev–Trinajstić information content (AvgIpc) is 2.26. The van der Waals surface area contributed by atoms with Gasteiger partial charge in [0.2, 0.25) is 0 Å². The second-order valence-electron chi connectivity index (χ2n) is 3.72. The Hall–Kier alpha value is -1.02. The molecule has 1 fully saturated rings. The maximum atomic E-state index is 11.8. The number of ether oxygens (including phenoxy) is 1. The molecule has 0 aromatic carbocycles. The van der Waals surface area contributed by atoms with E-state index >= 15 is 0 Å². The van der Waals surface area contributed by atoms with Crippen LogP contribution >= 0.6 is 0 Å². The van der Waals surface area contributed by atoms with E-state index in [0.29, 0.717) is 32.7 Å². The molecule has 1 amide bonds. The molecule has 17 heavy (non-hydrogen) atoms. The van der Waals surface area contributed by atoms with Crippen molar-refractivity contribution in [2.45, 2.75) is 6.18 Å². The lowest BCUT2D eigenvalue weighted by atomic mass is 10.3. The third-order valence-corrected chi connectivity index (χ3v) is 2.41. The van der Waals surface area contributed by atoms with Crippen LogP contribution in [0.4, 0.5) is 18.0 Å². The van der Waals surface area contributed by atoms with E-state index in [-0.39, 0.29) is 6.61 Å². The van der Waals surface area contributed by atoms with Crippen molar-refractivity contribution in [3.8, 4) is 0 Å². The van der Waals surface area contributed by atoms with Crippen LogP contribution in [0.1, 0.15) is 0 Å². The Balaban J connectivity index is 2.26. The van der Waals surface area contributed by atoms with Gasteiger partial charge < -0.3 is 14.7 Å². The van der Waals surface area contributed by atoms with Gasteiger partial charge in [-0.25, -0.2) is 4.79 Å². The Morgan fingerprint density at radius 2 is 1.82 bits per heavy atom. The molecule has 8 heteroatoms. The number of amides is 1. The van der Waals surface area contributed by atoms with E-state index in [1.165, 1.54) is 4.90 Å². The molecule has 1 rings (SSSR count). The standard InChI is InChI=1S/C9H15F3N2O3/c10-9(11,12)7-17-8(16)14-3-1-13(2-4-14)5-6-15/h15H,1-7H2. The first-order chi connectivity index (χ1) is 7.92. The fourth-order valence-electron chi connectivity index (χ4n) is 1.53. The summed E-state index contributed by atoms with van der Waals surface area (Å²) in [5.41, 5.74) is 0. The summed E-state index contributed by atoms with van der Waals surface area (Å²) in [5.74, 6) is 0. The van der Waals surface area contributed by atoms with Crippen molar-refractivity contribution >= 4 is 6.09 Å². The Bertz CT molecular complexity index is 252. The predicted molar refractivity (Wildman–Crippen MR) is 52.5 cm³/mol. The second-order valence-corrected chi connectivity index (χ2v) is 3.72. The van der Waals surface area contributed by atoms with Crippen LogP contribution in [0.2, 0.25) is 0 Å². The van der Waals surface area contributed by atoms with Gasteiger partial charge in [0, 0.05) is 32.7 Å². The first kappa shape index (κ1) is 14.0. The van der Waals surface area contributed by atoms with Crippen LogP contribution in [-0.2, 0) is 4.74 Å². The number of hydrogen-bond acceptors (Lipinski definition) is 4. The number of aliphatic hydroxyl groups is 1. The zero-order valence-electron chi connectivity index (χ0n) is 9.24. The van der Waals surface area contributed by atoms with Crippen molar-refractivity contribution in [2.24, 2.45) is 0 Å². The molecule has 0 aromatic heterocycles. The minimum Gasteiger partial charge on any atom is -0.440 e. The summed E-state index contributed by atoms with van der Waals surface area (Å²) < 4.78 is 39.6. The van der Waals surface area contributed by atoms with Crippen LogP contribution in [0.25, 0.3) is 0 Å². The largest absolute Gasteiger partial charge is 0.440 e. The SMILES string of the molecule is O=C(OCC(F)(F)F)N1CCN(CCO)CC1. The fourth-order valence-corrected chi connectivity index (χ4v) is 1.53. The van der Waals surface area contributed by atoms with Crippen LogP contribution < -0.4 is 0 Å². The molecule has 1 N–H and O–H groups in total. The maximum absolute atomic E-state index is 11.8.